The Labute approximate surface area is 231 Å². The normalized spacial score (nSPS) is 15.2. The molecule has 1 aromatic heterocycles. The number of carbonyl (C=O) groups is 1. The molecule has 0 bridgehead atoms. The van der Waals surface area contributed by atoms with E-state index in [0.29, 0.717) is 38.8 Å². The molecular weight excluding hydrogens is 528 g/mol. The van der Waals surface area contributed by atoms with Crippen LogP contribution in [-0.4, -0.2) is 66.0 Å². The van der Waals surface area contributed by atoms with Gasteiger partial charge in [0.1, 0.15) is 11.6 Å². The molecule has 2 aromatic carbocycles. The Kier molecular flexibility index (Phi) is 10.2. The van der Waals surface area contributed by atoms with Crippen molar-refractivity contribution in [2.75, 3.05) is 37.7 Å². The first-order valence-electron chi connectivity index (χ1n) is 12.9. The van der Waals surface area contributed by atoms with Crippen molar-refractivity contribution in [3.05, 3.63) is 87.7 Å². The van der Waals surface area contributed by atoms with Crippen LogP contribution in [0.15, 0.2) is 48.7 Å². The van der Waals surface area contributed by atoms with E-state index in [2.05, 4.69) is 33.6 Å². The number of nitrogens with zero attached hydrogens (tertiary/aromatic N) is 3. The molecule has 2 heterocycles. The summed E-state index contributed by atoms with van der Waals surface area (Å²) in [4.78, 5) is 23.8. The summed E-state index contributed by atoms with van der Waals surface area (Å²) in [7, 11) is 0. The quantitative estimate of drug-likeness (QED) is 0.331. The number of morpholine rings is 1. The number of hydrogen-bond acceptors (Lipinski definition) is 7. The SMILES string of the molecule is CCc1cccc(CNCC(O)C(Cc2cc(F)cc(F)c2)NC(=O)c2nc(N3CCOCC3)ncc2Cl)c1. The van der Waals surface area contributed by atoms with E-state index in [-0.39, 0.29) is 29.2 Å². The number of aliphatic hydroxyl groups is 1. The highest BCUT2D eigenvalue weighted by atomic mass is 35.5. The first-order chi connectivity index (χ1) is 18.8. The van der Waals surface area contributed by atoms with Crippen LogP contribution in [0.1, 0.15) is 34.1 Å². The number of hydrogen-bond donors (Lipinski definition) is 3. The minimum atomic E-state index is -1.09. The van der Waals surface area contributed by atoms with Crippen LogP contribution in [0.2, 0.25) is 5.02 Å². The molecule has 0 aliphatic carbocycles. The largest absolute Gasteiger partial charge is 0.390 e. The second kappa shape index (κ2) is 13.7. The zero-order valence-corrected chi connectivity index (χ0v) is 22.4. The average Bonchev–Trinajstić information content (AvgIpc) is 2.93. The highest BCUT2D eigenvalue weighted by molar-refractivity contribution is 6.33. The Morgan fingerprint density at radius 3 is 2.56 bits per heavy atom. The van der Waals surface area contributed by atoms with Crippen molar-refractivity contribution in [1.29, 1.82) is 0 Å². The van der Waals surface area contributed by atoms with E-state index in [1.807, 2.05) is 23.1 Å². The number of aliphatic hydroxyl groups excluding tert-OH is 1. The molecule has 11 heteroatoms. The van der Waals surface area contributed by atoms with Crippen LogP contribution in [-0.2, 0) is 24.1 Å². The van der Waals surface area contributed by atoms with Gasteiger partial charge in [0, 0.05) is 32.2 Å². The molecule has 0 radical (unpaired) electrons. The smallest absolute Gasteiger partial charge is 0.271 e. The Hall–Kier alpha value is -3.18. The maximum atomic E-state index is 13.9. The Morgan fingerprint density at radius 2 is 1.85 bits per heavy atom. The number of rotatable bonds is 11. The molecule has 208 valence electrons. The predicted molar refractivity (Wildman–Crippen MR) is 145 cm³/mol. The lowest BCUT2D eigenvalue weighted by molar-refractivity contribution is 0.0825. The number of ether oxygens (including phenoxy) is 1. The maximum absolute atomic E-state index is 13.9. The molecule has 1 aliphatic heterocycles. The van der Waals surface area contributed by atoms with Crippen molar-refractivity contribution < 1.29 is 23.4 Å². The van der Waals surface area contributed by atoms with Gasteiger partial charge in [-0.2, -0.15) is 0 Å². The lowest BCUT2D eigenvalue weighted by Gasteiger charge is -2.27. The topological polar surface area (TPSA) is 99.6 Å². The van der Waals surface area contributed by atoms with Crippen molar-refractivity contribution in [1.82, 2.24) is 20.6 Å². The van der Waals surface area contributed by atoms with Crippen molar-refractivity contribution >= 4 is 23.5 Å². The lowest BCUT2D eigenvalue weighted by Crippen LogP contribution is -2.49. The van der Waals surface area contributed by atoms with Gasteiger partial charge in [0.15, 0.2) is 5.69 Å². The van der Waals surface area contributed by atoms with E-state index in [4.69, 9.17) is 16.3 Å². The van der Waals surface area contributed by atoms with Crippen molar-refractivity contribution in [2.45, 2.75) is 38.5 Å². The second-order valence-electron chi connectivity index (χ2n) is 9.40. The van der Waals surface area contributed by atoms with Gasteiger partial charge in [-0.1, -0.05) is 42.8 Å². The Morgan fingerprint density at radius 1 is 1.13 bits per heavy atom. The fourth-order valence-electron chi connectivity index (χ4n) is 4.40. The van der Waals surface area contributed by atoms with Crippen LogP contribution >= 0.6 is 11.6 Å². The Bertz CT molecular complexity index is 1260. The molecule has 3 aromatic rings. The van der Waals surface area contributed by atoms with Gasteiger partial charge >= 0.3 is 0 Å². The summed E-state index contributed by atoms with van der Waals surface area (Å²) in [6.07, 6.45) is 1.16. The molecule has 3 N–H and O–H groups in total. The first-order valence-corrected chi connectivity index (χ1v) is 13.3. The summed E-state index contributed by atoms with van der Waals surface area (Å²) < 4.78 is 33.1. The highest BCUT2D eigenvalue weighted by Crippen LogP contribution is 2.19. The summed E-state index contributed by atoms with van der Waals surface area (Å²) in [5.74, 6) is -1.78. The van der Waals surface area contributed by atoms with E-state index < -0.39 is 29.7 Å². The van der Waals surface area contributed by atoms with E-state index in [1.165, 1.54) is 23.9 Å². The molecule has 2 atom stereocenters. The van der Waals surface area contributed by atoms with Gasteiger partial charge in [-0.15, -0.1) is 0 Å². The van der Waals surface area contributed by atoms with Crippen LogP contribution < -0.4 is 15.5 Å². The number of amides is 1. The third-order valence-electron chi connectivity index (χ3n) is 6.48. The summed E-state index contributed by atoms with van der Waals surface area (Å²) in [6.45, 7) is 4.87. The standard InChI is InChI=1S/C28H32ClF2N5O3/c1-2-18-4-3-5-19(10-18)15-32-17-25(37)24(13-20-11-21(30)14-22(31)12-20)34-27(38)26-23(29)16-33-28(35-26)36-6-8-39-9-7-36/h3-5,10-12,14,16,24-25,32,37H,2,6-9,13,15,17H2,1H3,(H,34,38). The number of halogens is 3. The van der Waals surface area contributed by atoms with E-state index in [0.717, 1.165) is 18.1 Å². The second-order valence-corrected chi connectivity index (χ2v) is 9.81. The van der Waals surface area contributed by atoms with Crippen molar-refractivity contribution in [3.8, 4) is 0 Å². The zero-order chi connectivity index (χ0) is 27.8. The minimum absolute atomic E-state index is 0.0202. The van der Waals surface area contributed by atoms with E-state index in [1.54, 1.807) is 0 Å². The molecule has 1 saturated heterocycles. The summed E-state index contributed by atoms with van der Waals surface area (Å²) in [5, 5.41) is 17.1. The van der Waals surface area contributed by atoms with E-state index in [9.17, 15) is 18.7 Å². The average molecular weight is 560 g/mol. The van der Waals surface area contributed by atoms with Gasteiger partial charge in [0.05, 0.1) is 36.6 Å². The number of benzene rings is 2. The third-order valence-corrected chi connectivity index (χ3v) is 6.76. The fraction of sp³-hybridized carbons (Fsp3) is 0.393. The van der Waals surface area contributed by atoms with Crippen LogP contribution in [0.3, 0.4) is 0 Å². The molecule has 2 unspecified atom stereocenters. The van der Waals surface area contributed by atoms with Gasteiger partial charge < -0.3 is 25.4 Å². The summed E-state index contributed by atoms with van der Waals surface area (Å²) in [5.41, 5.74) is 2.49. The monoisotopic (exact) mass is 559 g/mol. The molecule has 0 spiro atoms. The molecular formula is C28H32ClF2N5O3. The molecule has 4 rings (SSSR count). The first kappa shape index (κ1) is 28.8. The summed E-state index contributed by atoms with van der Waals surface area (Å²) in [6, 6.07) is 10.3. The molecule has 39 heavy (non-hydrogen) atoms. The number of carbonyl (C=O) groups excluding carboxylic acids is 1. The van der Waals surface area contributed by atoms with Gasteiger partial charge in [0.25, 0.3) is 5.91 Å². The maximum Gasteiger partial charge on any atom is 0.271 e. The minimum Gasteiger partial charge on any atom is -0.390 e. The van der Waals surface area contributed by atoms with E-state index >= 15 is 0 Å². The molecule has 1 amide bonds. The van der Waals surface area contributed by atoms with Crippen molar-refractivity contribution in [2.24, 2.45) is 0 Å². The highest BCUT2D eigenvalue weighted by Gasteiger charge is 2.26. The molecule has 0 saturated carbocycles. The summed E-state index contributed by atoms with van der Waals surface area (Å²) >= 11 is 6.27. The van der Waals surface area contributed by atoms with Crippen LogP contribution in [0.4, 0.5) is 14.7 Å². The van der Waals surface area contributed by atoms with Gasteiger partial charge in [-0.05, 0) is 41.7 Å². The van der Waals surface area contributed by atoms with Crippen LogP contribution in [0.25, 0.3) is 0 Å². The lowest BCUT2D eigenvalue weighted by atomic mass is 10.00. The third kappa shape index (κ3) is 8.15. The number of aryl methyl sites for hydroxylation is 1. The molecule has 1 aliphatic rings. The fourth-order valence-corrected chi connectivity index (χ4v) is 4.58. The number of nitrogens with one attached hydrogen (secondary N) is 2. The number of aromatic nitrogens is 2. The number of anilines is 1. The molecule has 8 nitrogen and oxygen atoms in total. The molecule has 1 fully saturated rings. The van der Waals surface area contributed by atoms with Crippen molar-refractivity contribution in [3.63, 3.8) is 0 Å². The zero-order valence-electron chi connectivity index (χ0n) is 21.7. The van der Waals surface area contributed by atoms with Gasteiger partial charge in [0.2, 0.25) is 5.95 Å². The van der Waals surface area contributed by atoms with Crippen LogP contribution in [0.5, 0.6) is 0 Å². The predicted octanol–water partition coefficient (Wildman–Crippen LogP) is 3.30. The van der Waals surface area contributed by atoms with Gasteiger partial charge in [-0.25, -0.2) is 18.7 Å². The van der Waals surface area contributed by atoms with Gasteiger partial charge in [-0.3, -0.25) is 4.79 Å². The Balaban J connectivity index is 1.49. The van der Waals surface area contributed by atoms with Crippen LogP contribution in [0, 0.1) is 11.6 Å².